The number of nitrogens with one attached hydrogen (secondary N) is 2. The van der Waals surface area contributed by atoms with E-state index in [9.17, 15) is 8.78 Å². The van der Waals surface area contributed by atoms with Crippen LogP contribution in [-0.4, -0.2) is 18.2 Å². The summed E-state index contributed by atoms with van der Waals surface area (Å²) in [6.45, 7) is 1.29. The molecule has 1 atom stereocenters. The van der Waals surface area contributed by atoms with Crippen LogP contribution in [0.5, 0.6) is 11.5 Å². The lowest BCUT2D eigenvalue weighted by Gasteiger charge is -2.22. The summed E-state index contributed by atoms with van der Waals surface area (Å²) in [5, 5.41) is 3.52. The van der Waals surface area contributed by atoms with Gasteiger partial charge in [-0.2, -0.15) is 8.78 Å². The highest BCUT2D eigenvalue weighted by molar-refractivity contribution is 5.80. The topological polar surface area (TPSA) is 50.2 Å². The van der Waals surface area contributed by atoms with Gasteiger partial charge in [-0.15, -0.1) is 0 Å². The van der Waals surface area contributed by atoms with Crippen LogP contribution in [0.2, 0.25) is 0 Å². The molecule has 33 heavy (non-hydrogen) atoms. The molecule has 4 aromatic rings. The van der Waals surface area contributed by atoms with Crippen molar-refractivity contribution in [2.75, 3.05) is 11.9 Å². The van der Waals surface area contributed by atoms with Crippen LogP contribution in [0.15, 0.2) is 72.8 Å². The fourth-order valence-electron chi connectivity index (χ4n) is 4.28. The monoisotopic (exact) mass is 448 g/mol. The summed E-state index contributed by atoms with van der Waals surface area (Å²) < 4.78 is 38.3. The molecule has 1 aliphatic heterocycles. The minimum Gasteiger partial charge on any atom is -0.490 e. The second-order valence-corrected chi connectivity index (χ2v) is 7.90. The maximum absolute atomic E-state index is 12.9. The Kier molecular flexibility index (Phi) is 5.46. The first-order chi connectivity index (χ1) is 16.0. The Morgan fingerprint density at radius 3 is 2.64 bits per heavy atom. The highest BCUT2D eigenvalue weighted by Crippen LogP contribution is 2.35. The van der Waals surface area contributed by atoms with Gasteiger partial charge in [-0.25, -0.2) is 14.9 Å². The van der Waals surface area contributed by atoms with Gasteiger partial charge in [0, 0.05) is 5.56 Å². The van der Waals surface area contributed by atoms with E-state index in [1.54, 1.807) is 18.2 Å². The average molecular weight is 448 g/mol. The summed E-state index contributed by atoms with van der Waals surface area (Å²) in [6, 6.07) is 21.2. The molecule has 0 amide bonds. The second-order valence-electron chi connectivity index (χ2n) is 7.90. The first kappa shape index (κ1) is 21.0. The van der Waals surface area contributed by atoms with E-state index in [0.717, 1.165) is 39.4 Å². The molecule has 0 saturated carbocycles. The van der Waals surface area contributed by atoms with E-state index in [1.807, 2.05) is 37.3 Å². The van der Waals surface area contributed by atoms with E-state index < -0.39 is 6.61 Å². The molecule has 0 saturated heterocycles. The number of anilines is 1. The molecule has 5 rings (SSSR count). The number of aryl methyl sites for hydroxylation is 1. The molecule has 2 heterocycles. The Bertz CT molecular complexity index is 1350. The van der Waals surface area contributed by atoms with Crippen LogP contribution in [0.3, 0.4) is 0 Å². The number of ether oxygens (including phenoxy) is 2. The zero-order valence-corrected chi connectivity index (χ0v) is 18.3. The summed E-state index contributed by atoms with van der Waals surface area (Å²) in [4.78, 5) is 3.46. The van der Waals surface area contributed by atoms with Gasteiger partial charge in [0.25, 0.3) is 0 Å². The van der Waals surface area contributed by atoms with E-state index >= 15 is 0 Å². The Balaban J connectivity index is 1.67. The molecule has 0 bridgehead atoms. The number of benzene rings is 3. The molecule has 2 N–H and O–H groups in total. The zero-order valence-electron chi connectivity index (χ0n) is 18.3. The Labute approximate surface area is 190 Å². The third-order valence-electron chi connectivity index (χ3n) is 5.67. The summed E-state index contributed by atoms with van der Waals surface area (Å²) in [5.74, 6) is 1.16. The molecule has 0 radical (unpaired) electrons. The number of nitrogens with zero attached hydrogens (tertiary/aromatic N) is 1. The van der Waals surface area contributed by atoms with Gasteiger partial charge in [0.1, 0.15) is 22.8 Å². The lowest BCUT2D eigenvalue weighted by molar-refractivity contribution is -0.664. The Morgan fingerprint density at radius 2 is 1.85 bits per heavy atom. The van der Waals surface area contributed by atoms with E-state index in [-0.39, 0.29) is 11.8 Å². The number of H-pyrrole nitrogens is 1. The summed E-state index contributed by atoms with van der Waals surface area (Å²) >= 11 is 0. The molecule has 7 heteroatoms. The standard InChI is InChI=1S/C26H23F2N3O2/c1-3-32-24-14-18(11-12-23(24)33-25(27)28)22-15-20(17-8-6-7-16(2)13-17)30-26-29-19-9-4-5-10-21(19)31(22)26/h4-15,22,25H,3H2,1-2H3,(H,29,30)/p+1. The third-order valence-corrected chi connectivity index (χ3v) is 5.67. The third kappa shape index (κ3) is 4.02. The first-order valence-corrected chi connectivity index (χ1v) is 10.8. The Hall–Kier alpha value is -3.87. The lowest BCUT2D eigenvalue weighted by atomic mass is 10.00. The van der Waals surface area contributed by atoms with Gasteiger partial charge in [-0.3, -0.25) is 0 Å². The van der Waals surface area contributed by atoms with Crippen molar-refractivity contribution in [1.82, 2.24) is 4.98 Å². The van der Waals surface area contributed by atoms with Gasteiger partial charge in [-0.1, -0.05) is 42.0 Å². The number of aromatic nitrogens is 2. The van der Waals surface area contributed by atoms with Gasteiger partial charge >= 0.3 is 12.6 Å². The van der Waals surface area contributed by atoms with Crippen molar-refractivity contribution in [3.63, 3.8) is 0 Å². The summed E-state index contributed by atoms with van der Waals surface area (Å²) in [5.41, 5.74) is 6.09. The largest absolute Gasteiger partial charge is 0.490 e. The van der Waals surface area contributed by atoms with Crippen molar-refractivity contribution in [2.24, 2.45) is 0 Å². The van der Waals surface area contributed by atoms with E-state index in [2.05, 4.69) is 50.8 Å². The fraction of sp³-hybridized carbons (Fsp3) is 0.192. The van der Waals surface area contributed by atoms with Crippen molar-refractivity contribution >= 4 is 22.7 Å². The SMILES string of the molecule is CCOc1cc(C2C=C(c3cccc(C)c3)Nc3[nH]c4ccccc4[n+]32)ccc1OC(F)F. The number of imidazole rings is 1. The highest BCUT2D eigenvalue weighted by Gasteiger charge is 2.32. The maximum atomic E-state index is 12.9. The molecule has 0 aliphatic carbocycles. The fourth-order valence-corrected chi connectivity index (χ4v) is 4.28. The van der Waals surface area contributed by atoms with Gasteiger partial charge in [0.15, 0.2) is 11.5 Å². The summed E-state index contributed by atoms with van der Waals surface area (Å²) in [7, 11) is 0. The van der Waals surface area contributed by atoms with Crippen LogP contribution in [0.1, 0.15) is 29.7 Å². The summed E-state index contributed by atoms with van der Waals surface area (Å²) in [6.07, 6.45) is 2.14. The van der Waals surface area contributed by atoms with Crippen molar-refractivity contribution < 1.29 is 22.8 Å². The van der Waals surface area contributed by atoms with Crippen molar-refractivity contribution in [1.29, 1.82) is 0 Å². The molecular formula is C26H24F2N3O2+. The molecule has 1 unspecified atom stereocenters. The average Bonchev–Trinajstić information content (AvgIpc) is 3.18. The molecule has 1 aromatic heterocycles. The van der Waals surface area contributed by atoms with Gasteiger partial charge in [-0.05, 0) is 55.8 Å². The number of rotatable bonds is 6. The van der Waals surface area contributed by atoms with E-state index in [1.165, 1.54) is 0 Å². The van der Waals surface area contributed by atoms with Gasteiger partial charge in [0.2, 0.25) is 0 Å². The number of hydrogen-bond acceptors (Lipinski definition) is 3. The van der Waals surface area contributed by atoms with Crippen LogP contribution in [0, 0.1) is 6.92 Å². The van der Waals surface area contributed by atoms with Crippen molar-refractivity contribution in [2.45, 2.75) is 26.5 Å². The molecule has 1 aliphatic rings. The number of aromatic amines is 1. The molecule has 5 nitrogen and oxygen atoms in total. The van der Waals surface area contributed by atoms with E-state index in [0.29, 0.717) is 12.4 Å². The zero-order chi connectivity index (χ0) is 22.9. The van der Waals surface area contributed by atoms with Crippen LogP contribution in [0.25, 0.3) is 16.7 Å². The smallest absolute Gasteiger partial charge is 0.387 e. The minimum atomic E-state index is -2.92. The molecule has 0 spiro atoms. The molecule has 3 aromatic carbocycles. The number of alkyl halides is 2. The van der Waals surface area contributed by atoms with Crippen LogP contribution >= 0.6 is 0 Å². The molecule has 168 valence electrons. The van der Waals surface area contributed by atoms with E-state index in [4.69, 9.17) is 4.74 Å². The predicted octanol–water partition coefficient (Wildman–Crippen LogP) is 5.82. The molecule has 0 fully saturated rings. The van der Waals surface area contributed by atoms with Crippen LogP contribution in [0.4, 0.5) is 14.7 Å². The molecular weight excluding hydrogens is 424 g/mol. The van der Waals surface area contributed by atoms with Crippen molar-refractivity contribution in [3.05, 3.63) is 89.5 Å². The van der Waals surface area contributed by atoms with Crippen molar-refractivity contribution in [3.8, 4) is 11.5 Å². The Morgan fingerprint density at radius 1 is 1.00 bits per heavy atom. The number of allylic oxidation sites excluding steroid dienone is 1. The number of hydrogen-bond donors (Lipinski definition) is 2. The van der Waals surface area contributed by atoms with Crippen LogP contribution in [-0.2, 0) is 0 Å². The van der Waals surface area contributed by atoms with Gasteiger partial charge in [0.05, 0.1) is 6.61 Å². The first-order valence-electron chi connectivity index (χ1n) is 10.8. The lowest BCUT2D eigenvalue weighted by Crippen LogP contribution is -2.43. The number of fused-ring (bicyclic) bond motifs is 3. The van der Waals surface area contributed by atoms with Gasteiger partial charge < -0.3 is 9.47 Å². The predicted molar refractivity (Wildman–Crippen MR) is 124 cm³/mol. The number of para-hydroxylation sites is 2. The normalized spacial score (nSPS) is 15.2. The van der Waals surface area contributed by atoms with Crippen LogP contribution < -0.4 is 19.4 Å². The maximum Gasteiger partial charge on any atom is 0.387 e. The highest BCUT2D eigenvalue weighted by atomic mass is 19.3. The number of halogens is 2. The minimum absolute atomic E-state index is 0.0246. The quantitative estimate of drug-likeness (QED) is 0.366. The second kappa shape index (κ2) is 8.58.